The van der Waals surface area contributed by atoms with Crippen LogP contribution >= 0.6 is 23.2 Å². The van der Waals surface area contributed by atoms with Crippen molar-refractivity contribution in [2.24, 2.45) is 0 Å². The molecule has 0 spiro atoms. The van der Waals surface area contributed by atoms with Crippen LogP contribution in [0.15, 0.2) is 48.5 Å². The molecule has 0 saturated heterocycles. The third-order valence-corrected chi connectivity index (χ3v) is 3.61. The molecular weight excluding hydrogens is 297 g/mol. The molecule has 0 radical (unpaired) electrons. The lowest BCUT2D eigenvalue weighted by Crippen LogP contribution is -2.30. The Balaban J connectivity index is 2.15. The van der Waals surface area contributed by atoms with Gasteiger partial charge in [0.25, 0.3) is 5.91 Å². The second kappa shape index (κ2) is 6.75. The Kier molecular flexibility index (Phi) is 5.01. The fourth-order valence-electron chi connectivity index (χ4n) is 1.80. The van der Waals surface area contributed by atoms with E-state index in [9.17, 15) is 9.90 Å². The lowest BCUT2D eigenvalue weighted by molar-refractivity contribution is 0.0916. The zero-order valence-corrected chi connectivity index (χ0v) is 12.0. The highest BCUT2D eigenvalue weighted by molar-refractivity contribution is 6.42. The van der Waals surface area contributed by atoms with Crippen LogP contribution in [0.25, 0.3) is 0 Å². The minimum absolute atomic E-state index is 0.183. The van der Waals surface area contributed by atoms with Crippen molar-refractivity contribution in [1.29, 1.82) is 0 Å². The number of carbonyl (C=O) groups excluding carboxylic acids is 1. The molecule has 1 amide bonds. The summed E-state index contributed by atoms with van der Waals surface area (Å²) in [5.41, 5.74) is 1.23. The number of aliphatic hydroxyl groups is 1. The Morgan fingerprint density at radius 2 is 1.80 bits per heavy atom. The topological polar surface area (TPSA) is 49.3 Å². The molecule has 0 unspecified atom stereocenters. The molecule has 1 atom stereocenters. The molecule has 2 N–H and O–H groups in total. The van der Waals surface area contributed by atoms with E-state index >= 15 is 0 Å². The molecular formula is C15H13Cl2NO2. The third-order valence-electron chi connectivity index (χ3n) is 2.87. The first-order chi connectivity index (χ1) is 9.61. The predicted octanol–water partition coefficient (Wildman–Crippen LogP) is 3.46. The molecule has 0 heterocycles. The van der Waals surface area contributed by atoms with Gasteiger partial charge in [-0.15, -0.1) is 0 Å². The van der Waals surface area contributed by atoms with Gasteiger partial charge in [-0.3, -0.25) is 4.79 Å². The van der Waals surface area contributed by atoms with Crippen LogP contribution in [0.4, 0.5) is 0 Å². The van der Waals surface area contributed by atoms with Crippen LogP contribution in [0.5, 0.6) is 0 Å². The van der Waals surface area contributed by atoms with Gasteiger partial charge >= 0.3 is 0 Å². The lowest BCUT2D eigenvalue weighted by Gasteiger charge is -2.16. The molecule has 0 aliphatic carbocycles. The predicted molar refractivity (Wildman–Crippen MR) is 80.2 cm³/mol. The molecule has 5 heteroatoms. The number of halogens is 2. The monoisotopic (exact) mass is 309 g/mol. The van der Waals surface area contributed by atoms with Crippen molar-refractivity contribution in [3.8, 4) is 0 Å². The van der Waals surface area contributed by atoms with Gasteiger partial charge in [0.1, 0.15) is 0 Å². The van der Waals surface area contributed by atoms with Gasteiger partial charge in [-0.1, -0.05) is 53.5 Å². The van der Waals surface area contributed by atoms with Crippen molar-refractivity contribution in [2.75, 3.05) is 6.61 Å². The van der Waals surface area contributed by atoms with Gasteiger partial charge < -0.3 is 10.4 Å². The minimum Gasteiger partial charge on any atom is -0.394 e. The van der Waals surface area contributed by atoms with Crippen LogP contribution in [0, 0.1) is 0 Å². The summed E-state index contributed by atoms with van der Waals surface area (Å²) in [6.07, 6.45) is 0. The molecule has 0 aromatic heterocycles. The Hall–Kier alpha value is -1.55. The normalized spacial score (nSPS) is 11.9. The summed E-state index contributed by atoms with van der Waals surface area (Å²) in [4.78, 5) is 12.1. The Labute approximate surface area is 127 Å². The van der Waals surface area contributed by atoms with E-state index < -0.39 is 6.04 Å². The van der Waals surface area contributed by atoms with Crippen LogP contribution in [-0.4, -0.2) is 17.6 Å². The van der Waals surface area contributed by atoms with E-state index in [0.717, 1.165) is 5.56 Å². The molecule has 2 aromatic carbocycles. The molecule has 2 aromatic rings. The van der Waals surface area contributed by atoms with Gasteiger partial charge in [0, 0.05) is 5.56 Å². The number of hydrogen-bond donors (Lipinski definition) is 2. The number of carbonyl (C=O) groups is 1. The maximum absolute atomic E-state index is 12.1. The molecule has 0 saturated carbocycles. The molecule has 0 aliphatic heterocycles. The van der Waals surface area contributed by atoms with Gasteiger partial charge in [-0.2, -0.15) is 0 Å². The highest BCUT2D eigenvalue weighted by atomic mass is 35.5. The van der Waals surface area contributed by atoms with E-state index in [-0.39, 0.29) is 12.5 Å². The number of benzene rings is 2. The van der Waals surface area contributed by atoms with Crippen LogP contribution in [0.3, 0.4) is 0 Å². The maximum atomic E-state index is 12.1. The lowest BCUT2D eigenvalue weighted by atomic mass is 10.1. The van der Waals surface area contributed by atoms with E-state index in [4.69, 9.17) is 23.2 Å². The zero-order chi connectivity index (χ0) is 14.5. The van der Waals surface area contributed by atoms with Crippen molar-refractivity contribution in [3.05, 3.63) is 69.7 Å². The fraction of sp³-hybridized carbons (Fsp3) is 0.133. The van der Waals surface area contributed by atoms with Gasteiger partial charge in [-0.25, -0.2) is 0 Å². The molecule has 3 nitrogen and oxygen atoms in total. The molecule has 0 aliphatic rings. The van der Waals surface area contributed by atoms with Crippen molar-refractivity contribution in [3.63, 3.8) is 0 Å². The first kappa shape index (κ1) is 14.9. The number of aliphatic hydroxyl groups excluding tert-OH is 1. The highest BCUT2D eigenvalue weighted by Crippen LogP contribution is 2.23. The largest absolute Gasteiger partial charge is 0.394 e. The highest BCUT2D eigenvalue weighted by Gasteiger charge is 2.15. The van der Waals surface area contributed by atoms with E-state index in [1.165, 1.54) is 6.07 Å². The molecule has 0 bridgehead atoms. The first-order valence-corrected chi connectivity index (χ1v) is 6.79. The standard InChI is InChI=1S/C15H13Cl2NO2/c16-12-7-6-11(8-13(12)17)15(20)18-14(9-19)10-4-2-1-3-5-10/h1-8,14,19H,9H2,(H,18,20)/t14-/m0/s1. The molecule has 0 fully saturated rings. The Morgan fingerprint density at radius 3 is 2.40 bits per heavy atom. The molecule has 20 heavy (non-hydrogen) atoms. The Morgan fingerprint density at radius 1 is 1.10 bits per heavy atom. The van der Waals surface area contributed by atoms with Crippen LogP contribution in [0.2, 0.25) is 10.0 Å². The van der Waals surface area contributed by atoms with E-state index in [1.54, 1.807) is 12.1 Å². The Bertz CT molecular complexity index is 602. The maximum Gasteiger partial charge on any atom is 0.251 e. The third kappa shape index (κ3) is 3.51. The van der Waals surface area contributed by atoms with E-state index in [0.29, 0.717) is 15.6 Å². The van der Waals surface area contributed by atoms with Gasteiger partial charge in [-0.05, 0) is 23.8 Å². The van der Waals surface area contributed by atoms with Gasteiger partial charge in [0.2, 0.25) is 0 Å². The summed E-state index contributed by atoms with van der Waals surface area (Å²) < 4.78 is 0. The van der Waals surface area contributed by atoms with E-state index in [1.807, 2.05) is 30.3 Å². The molecule has 104 valence electrons. The van der Waals surface area contributed by atoms with Gasteiger partial charge in [0.05, 0.1) is 22.7 Å². The number of hydrogen-bond acceptors (Lipinski definition) is 2. The summed E-state index contributed by atoms with van der Waals surface area (Å²) >= 11 is 11.7. The smallest absolute Gasteiger partial charge is 0.251 e. The second-order valence-electron chi connectivity index (χ2n) is 4.25. The summed E-state index contributed by atoms with van der Waals surface area (Å²) in [7, 11) is 0. The minimum atomic E-state index is -0.460. The number of rotatable bonds is 4. The molecule has 2 rings (SSSR count). The fourth-order valence-corrected chi connectivity index (χ4v) is 2.10. The number of amides is 1. The number of nitrogens with one attached hydrogen (secondary N) is 1. The quantitative estimate of drug-likeness (QED) is 0.908. The summed E-state index contributed by atoms with van der Waals surface area (Å²) in [5, 5.41) is 12.9. The van der Waals surface area contributed by atoms with Crippen molar-refractivity contribution in [1.82, 2.24) is 5.32 Å². The zero-order valence-electron chi connectivity index (χ0n) is 10.5. The average molecular weight is 310 g/mol. The van der Waals surface area contributed by atoms with Crippen LogP contribution < -0.4 is 5.32 Å². The summed E-state index contributed by atoms with van der Waals surface area (Å²) in [6, 6.07) is 13.5. The van der Waals surface area contributed by atoms with Crippen LogP contribution in [0.1, 0.15) is 22.0 Å². The summed E-state index contributed by atoms with van der Waals surface area (Å²) in [6.45, 7) is -0.183. The van der Waals surface area contributed by atoms with Crippen LogP contribution in [-0.2, 0) is 0 Å². The second-order valence-corrected chi connectivity index (χ2v) is 5.06. The van der Waals surface area contributed by atoms with Crippen molar-refractivity contribution < 1.29 is 9.90 Å². The first-order valence-electron chi connectivity index (χ1n) is 6.03. The summed E-state index contributed by atoms with van der Waals surface area (Å²) in [5.74, 6) is -0.313. The van der Waals surface area contributed by atoms with E-state index in [2.05, 4.69) is 5.32 Å². The van der Waals surface area contributed by atoms with Crippen molar-refractivity contribution >= 4 is 29.1 Å². The van der Waals surface area contributed by atoms with Gasteiger partial charge in [0.15, 0.2) is 0 Å². The van der Waals surface area contributed by atoms with Crippen molar-refractivity contribution in [2.45, 2.75) is 6.04 Å². The average Bonchev–Trinajstić information content (AvgIpc) is 2.48. The SMILES string of the molecule is O=C(N[C@@H](CO)c1ccccc1)c1ccc(Cl)c(Cl)c1.